The summed E-state index contributed by atoms with van der Waals surface area (Å²) in [6.45, 7) is 6.15. The predicted octanol–water partition coefficient (Wildman–Crippen LogP) is 4.19. The van der Waals surface area contributed by atoms with Crippen LogP contribution in [0.25, 0.3) is 0 Å². The first-order valence-electron chi connectivity index (χ1n) is 10.7. The van der Waals surface area contributed by atoms with Gasteiger partial charge in [-0.25, -0.2) is 0 Å². The van der Waals surface area contributed by atoms with Crippen LogP contribution in [0.5, 0.6) is 5.75 Å². The summed E-state index contributed by atoms with van der Waals surface area (Å²) in [6, 6.07) is 15.5. The van der Waals surface area contributed by atoms with Gasteiger partial charge < -0.3 is 9.67 Å². The van der Waals surface area contributed by atoms with E-state index in [1.807, 2.05) is 25.1 Å². The average Bonchev–Trinajstić information content (AvgIpc) is 2.76. The second-order valence-electron chi connectivity index (χ2n) is 8.21. The van der Waals surface area contributed by atoms with Gasteiger partial charge in [0.25, 0.3) is 5.56 Å². The lowest BCUT2D eigenvalue weighted by Crippen LogP contribution is -2.39. The van der Waals surface area contributed by atoms with Crippen molar-refractivity contribution < 1.29 is 5.11 Å². The predicted molar refractivity (Wildman–Crippen MR) is 119 cm³/mol. The van der Waals surface area contributed by atoms with E-state index in [4.69, 9.17) is 0 Å². The Balaban J connectivity index is 1.84. The number of aromatic nitrogens is 2. The summed E-state index contributed by atoms with van der Waals surface area (Å²) in [7, 11) is 0. The van der Waals surface area contributed by atoms with Crippen LogP contribution in [0, 0.1) is 13.8 Å². The van der Waals surface area contributed by atoms with Crippen molar-refractivity contribution in [2.24, 2.45) is 0 Å². The van der Waals surface area contributed by atoms with Gasteiger partial charge in [0, 0.05) is 11.9 Å². The molecule has 3 heterocycles. The quantitative estimate of drug-likeness (QED) is 0.694. The molecule has 2 aromatic heterocycles. The number of aryl methyl sites for hydroxylation is 2. The molecule has 0 radical (unpaired) electrons. The van der Waals surface area contributed by atoms with E-state index in [-0.39, 0.29) is 17.4 Å². The largest absolute Gasteiger partial charge is 0.507 e. The molecule has 1 aliphatic heterocycles. The summed E-state index contributed by atoms with van der Waals surface area (Å²) in [5, 5.41) is 10.9. The molecule has 3 aromatic rings. The van der Waals surface area contributed by atoms with E-state index in [1.54, 1.807) is 16.8 Å². The molecule has 5 heteroatoms. The number of hydrogen-bond acceptors (Lipinski definition) is 4. The Morgan fingerprint density at radius 2 is 1.77 bits per heavy atom. The maximum Gasteiger partial charge on any atom is 0.260 e. The summed E-state index contributed by atoms with van der Waals surface area (Å²) in [5.74, 6) is 0.0749. The van der Waals surface area contributed by atoms with Crippen LogP contribution < -0.4 is 5.56 Å². The fourth-order valence-corrected chi connectivity index (χ4v) is 4.36. The third kappa shape index (κ3) is 4.17. The molecule has 0 aliphatic carbocycles. The third-order valence-corrected chi connectivity index (χ3v) is 5.99. The number of aromatic hydroxyl groups is 1. The zero-order chi connectivity index (χ0) is 21.1. The first-order chi connectivity index (χ1) is 14.5. The molecule has 0 bridgehead atoms. The average molecular weight is 404 g/mol. The molecule has 1 saturated heterocycles. The molecular weight excluding hydrogens is 374 g/mol. The van der Waals surface area contributed by atoms with Gasteiger partial charge in [0.15, 0.2) is 0 Å². The number of pyridine rings is 2. The zero-order valence-electron chi connectivity index (χ0n) is 17.7. The molecule has 4 rings (SSSR count). The van der Waals surface area contributed by atoms with Gasteiger partial charge in [-0.3, -0.25) is 14.7 Å². The second kappa shape index (κ2) is 8.84. The van der Waals surface area contributed by atoms with E-state index in [0.717, 1.165) is 42.9 Å². The fourth-order valence-electron chi connectivity index (χ4n) is 4.36. The van der Waals surface area contributed by atoms with E-state index < -0.39 is 0 Å². The van der Waals surface area contributed by atoms with Gasteiger partial charge in [-0.2, -0.15) is 0 Å². The number of likely N-dealkylation sites (tertiary alicyclic amines) is 1. The number of hydrogen-bond donors (Lipinski definition) is 1. The first kappa shape index (κ1) is 20.4. The van der Waals surface area contributed by atoms with Crippen molar-refractivity contribution in [3.05, 3.63) is 93.2 Å². The first-order valence-corrected chi connectivity index (χ1v) is 10.7. The van der Waals surface area contributed by atoms with Crippen LogP contribution in [0.4, 0.5) is 0 Å². The van der Waals surface area contributed by atoms with E-state index in [9.17, 15) is 9.90 Å². The highest BCUT2D eigenvalue weighted by molar-refractivity contribution is 5.41. The molecule has 1 N–H and O–H groups in total. The number of rotatable bonds is 5. The van der Waals surface area contributed by atoms with Crippen molar-refractivity contribution in [1.82, 2.24) is 14.5 Å². The molecule has 1 fully saturated rings. The summed E-state index contributed by atoms with van der Waals surface area (Å²) in [6.07, 6.45) is 5.16. The Kier molecular flexibility index (Phi) is 6.00. The van der Waals surface area contributed by atoms with Crippen LogP contribution in [0.1, 0.15) is 53.4 Å². The van der Waals surface area contributed by atoms with Crippen molar-refractivity contribution in [3.8, 4) is 5.75 Å². The molecule has 1 unspecified atom stereocenters. The summed E-state index contributed by atoms with van der Waals surface area (Å²) in [4.78, 5) is 20.4. The third-order valence-electron chi connectivity index (χ3n) is 5.99. The van der Waals surface area contributed by atoms with E-state index in [2.05, 4.69) is 41.1 Å². The fraction of sp³-hybridized carbons (Fsp3) is 0.360. The monoisotopic (exact) mass is 403 g/mol. The van der Waals surface area contributed by atoms with Crippen LogP contribution in [0.15, 0.2) is 59.5 Å². The Morgan fingerprint density at radius 3 is 2.43 bits per heavy atom. The maximum atomic E-state index is 13.7. The van der Waals surface area contributed by atoms with Crippen molar-refractivity contribution in [1.29, 1.82) is 0 Å². The summed E-state index contributed by atoms with van der Waals surface area (Å²) < 4.78 is 1.72. The summed E-state index contributed by atoms with van der Waals surface area (Å²) in [5.41, 5.74) is 4.09. The van der Waals surface area contributed by atoms with E-state index in [0.29, 0.717) is 12.1 Å². The zero-order valence-corrected chi connectivity index (χ0v) is 17.7. The van der Waals surface area contributed by atoms with E-state index >= 15 is 0 Å². The lowest BCUT2D eigenvalue weighted by atomic mass is 9.94. The van der Waals surface area contributed by atoms with Gasteiger partial charge in [0.2, 0.25) is 0 Å². The summed E-state index contributed by atoms with van der Waals surface area (Å²) >= 11 is 0. The topological polar surface area (TPSA) is 58.4 Å². The second-order valence-corrected chi connectivity index (χ2v) is 8.21. The minimum atomic E-state index is -0.256. The Morgan fingerprint density at radius 1 is 1.03 bits per heavy atom. The Hall–Kier alpha value is -2.92. The highest BCUT2D eigenvalue weighted by atomic mass is 16.3. The molecule has 1 aromatic carbocycles. The molecule has 1 aliphatic rings. The normalized spacial score (nSPS) is 15.8. The van der Waals surface area contributed by atoms with Gasteiger partial charge in [0.1, 0.15) is 5.75 Å². The Bertz CT molecular complexity index is 1050. The molecule has 156 valence electrons. The van der Waals surface area contributed by atoms with E-state index in [1.165, 1.54) is 12.0 Å². The van der Waals surface area contributed by atoms with Crippen LogP contribution in [-0.2, 0) is 6.54 Å². The van der Waals surface area contributed by atoms with Gasteiger partial charge in [-0.15, -0.1) is 0 Å². The molecule has 0 spiro atoms. The molecule has 30 heavy (non-hydrogen) atoms. The smallest absolute Gasteiger partial charge is 0.260 e. The van der Waals surface area contributed by atoms with Crippen molar-refractivity contribution >= 4 is 0 Å². The molecule has 5 nitrogen and oxygen atoms in total. The van der Waals surface area contributed by atoms with Crippen LogP contribution in [0.2, 0.25) is 0 Å². The lowest BCUT2D eigenvalue weighted by molar-refractivity contribution is 0.183. The standard InChI is InChI=1S/C25H29N3O2/c1-18-9-11-20(12-10-18)24(27-14-6-3-7-15-27)23-22(29)16-19(2)28(25(23)30)17-21-8-4-5-13-26-21/h4-5,8-13,16,24,29H,3,6-7,14-15,17H2,1-2H3. The maximum absolute atomic E-state index is 13.7. The minimum absolute atomic E-state index is 0.0749. The van der Waals surface area contributed by atoms with Gasteiger partial charge in [-0.05, 0) is 63.5 Å². The van der Waals surface area contributed by atoms with Crippen molar-refractivity contribution in [2.75, 3.05) is 13.1 Å². The van der Waals surface area contributed by atoms with Crippen LogP contribution >= 0.6 is 0 Å². The highest BCUT2D eigenvalue weighted by Crippen LogP contribution is 2.34. The lowest BCUT2D eigenvalue weighted by Gasteiger charge is -2.35. The Labute approximate surface area is 177 Å². The number of piperidine rings is 1. The highest BCUT2D eigenvalue weighted by Gasteiger charge is 2.30. The van der Waals surface area contributed by atoms with Gasteiger partial charge in [-0.1, -0.05) is 42.3 Å². The van der Waals surface area contributed by atoms with Gasteiger partial charge >= 0.3 is 0 Å². The number of benzene rings is 1. The SMILES string of the molecule is Cc1ccc(C(c2c(O)cc(C)n(Cc3ccccn3)c2=O)N2CCCCC2)cc1. The molecule has 0 amide bonds. The number of nitrogens with zero attached hydrogens (tertiary/aromatic N) is 3. The molecule has 1 atom stereocenters. The van der Waals surface area contributed by atoms with Crippen LogP contribution in [0.3, 0.4) is 0 Å². The van der Waals surface area contributed by atoms with Crippen molar-refractivity contribution in [2.45, 2.75) is 45.7 Å². The minimum Gasteiger partial charge on any atom is -0.507 e. The van der Waals surface area contributed by atoms with Crippen LogP contribution in [-0.4, -0.2) is 32.6 Å². The van der Waals surface area contributed by atoms with Gasteiger partial charge in [0.05, 0.1) is 23.8 Å². The molecule has 0 saturated carbocycles. The van der Waals surface area contributed by atoms with Crippen molar-refractivity contribution in [3.63, 3.8) is 0 Å². The molecular formula is C25H29N3O2.